The van der Waals surface area contributed by atoms with Crippen molar-refractivity contribution in [2.75, 3.05) is 13.7 Å². The summed E-state index contributed by atoms with van der Waals surface area (Å²) in [7, 11) is 1.58. The molecule has 3 aromatic carbocycles. The number of nitrogens with one attached hydrogen (secondary N) is 1. The second-order valence-corrected chi connectivity index (χ2v) is 7.53. The van der Waals surface area contributed by atoms with Crippen molar-refractivity contribution < 1.29 is 9.53 Å². The normalized spacial score (nSPS) is 10.9. The Labute approximate surface area is 186 Å². The van der Waals surface area contributed by atoms with E-state index < -0.39 is 0 Å². The van der Waals surface area contributed by atoms with Crippen molar-refractivity contribution >= 4 is 16.7 Å². The number of carbonyl (C=O) groups excluding carboxylic acids is 1. The van der Waals surface area contributed by atoms with E-state index in [0.29, 0.717) is 24.2 Å². The van der Waals surface area contributed by atoms with E-state index in [1.807, 2.05) is 60.7 Å². The lowest BCUT2D eigenvalue weighted by atomic mass is 10.0. The average Bonchev–Trinajstić information content (AvgIpc) is 2.84. The van der Waals surface area contributed by atoms with Crippen LogP contribution in [0.3, 0.4) is 0 Å². The molecule has 32 heavy (non-hydrogen) atoms. The number of benzene rings is 3. The van der Waals surface area contributed by atoms with Crippen LogP contribution in [0.5, 0.6) is 0 Å². The maximum atomic E-state index is 12.7. The molecule has 0 atom stereocenters. The van der Waals surface area contributed by atoms with Gasteiger partial charge in [0.05, 0.1) is 37.2 Å². The summed E-state index contributed by atoms with van der Waals surface area (Å²) in [4.78, 5) is 25.2. The van der Waals surface area contributed by atoms with E-state index >= 15 is 0 Å². The Bertz CT molecular complexity index is 1270. The predicted molar refractivity (Wildman–Crippen MR) is 125 cm³/mol. The fourth-order valence-corrected chi connectivity index (χ4v) is 3.64. The summed E-state index contributed by atoms with van der Waals surface area (Å²) in [5, 5.41) is 8.74. The smallest absolute Gasteiger partial charge is 0.274 e. The van der Waals surface area contributed by atoms with Crippen molar-refractivity contribution in [1.29, 1.82) is 0 Å². The van der Waals surface area contributed by atoms with Gasteiger partial charge in [-0.3, -0.25) is 9.59 Å². The highest BCUT2D eigenvalue weighted by atomic mass is 16.5. The Morgan fingerprint density at radius 2 is 1.56 bits per heavy atom. The first-order valence-electron chi connectivity index (χ1n) is 10.5. The largest absolute Gasteiger partial charge is 0.383 e. The Balaban J connectivity index is 1.46. The van der Waals surface area contributed by atoms with Gasteiger partial charge in [-0.2, -0.15) is 5.10 Å². The molecule has 4 aromatic rings. The van der Waals surface area contributed by atoms with Gasteiger partial charge >= 0.3 is 0 Å². The Morgan fingerprint density at radius 1 is 0.906 bits per heavy atom. The molecule has 0 fully saturated rings. The number of hydrogen-bond acceptors (Lipinski definition) is 4. The lowest BCUT2D eigenvalue weighted by Crippen LogP contribution is -2.30. The summed E-state index contributed by atoms with van der Waals surface area (Å²) >= 11 is 0. The standard InChI is InChI=1S/C26H25N3O3/c1-32-16-15-29-26(31)23-10-6-5-9-22(23)24(28-29)18-27-25(30)17-19-11-13-21(14-12-19)20-7-3-2-4-8-20/h2-14H,15-18H2,1H3,(H,27,30). The molecule has 4 rings (SSSR count). The molecule has 0 radical (unpaired) electrons. The molecule has 0 aliphatic carbocycles. The Hall–Kier alpha value is -3.77. The number of fused-ring (bicyclic) bond motifs is 1. The van der Waals surface area contributed by atoms with Gasteiger partial charge in [-0.15, -0.1) is 0 Å². The van der Waals surface area contributed by atoms with E-state index in [4.69, 9.17) is 4.74 Å². The first kappa shape index (κ1) is 21.5. The molecule has 0 aliphatic heterocycles. The summed E-state index contributed by atoms with van der Waals surface area (Å²) in [6, 6.07) is 25.4. The van der Waals surface area contributed by atoms with Crippen LogP contribution in [0.15, 0.2) is 83.7 Å². The molecule has 0 aliphatic rings. The zero-order valence-electron chi connectivity index (χ0n) is 18.0. The van der Waals surface area contributed by atoms with E-state index in [2.05, 4.69) is 22.5 Å². The minimum Gasteiger partial charge on any atom is -0.383 e. The first-order chi connectivity index (χ1) is 15.7. The van der Waals surface area contributed by atoms with Gasteiger partial charge in [-0.1, -0.05) is 72.8 Å². The van der Waals surface area contributed by atoms with Gasteiger partial charge in [0.1, 0.15) is 0 Å². The summed E-state index contributed by atoms with van der Waals surface area (Å²) in [5.74, 6) is -0.0991. The number of carbonyl (C=O) groups is 1. The maximum Gasteiger partial charge on any atom is 0.274 e. The molecule has 6 heteroatoms. The number of aromatic nitrogens is 2. The molecule has 0 bridgehead atoms. The van der Waals surface area contributed by atoms with Crippen molar-refractivity contribution in [2.24, 2.45) is 0 Å². The van der Waals surface area contributed by atoms with E-state index in [9.17, 15) is 9.59 Å². The van der Waals surface area contributed by atoms with E-state index in [0.717, 1.165) is 22.1 Å². The highest BCUT2D eigenvalue weighted by Gasteiger charge is 2.12. The fourth-order valence-electron chi connectivity index (χ4n) is 3.64. The summed E-state index contributed by atoms with van der Waals surface area (Å²) in [5.41, 5.74) is 3.69. The third-order valence-corrected chi connectivity index (χ3v) is 5.33. The van der Waals surface area contributed by atoms with Gasteiger partial charge in [0.25, 0.3) is 5.56 Å². The lowest BCUT2D eigenvalue weighted by molar-refractivity contribution is -0.120. The van der Waals surface area contributed by atoms with E-state index in [-0.39, 0.29) is 24.4 Å². The summed E-state index contributed by atoms with van der Waals surface area (Å²) in [6.45, 7) is 0.986. The van der Waals surface area contributed by atoms with Gasteiger partial charge in [0.2, 0.25) is 5.91 Å². The van der Waals surface area contributed by atoms with E-state index in [1.165, 1.54) is 4.68 Å². The summed E-state index contributed by atoms with van der Waals surface area (Å²) in [6.07, 6.45) is 0.274. The third-order valence-electron chi connectivity index (χ3n) is 5.33. The van der Waals surface area contributed by atoms with Gasteiger partial charge in [-0.05, 0) is 22.8 Å². The molecule has 0 saturated heterocycles. The maximum absolute atomic E-state index is 12.7. The highest BCUT2D eigenvalue weighted by Crippen LogP contribution is 2.19. The number of nitrogens with zero attached hydrogens (tertiary/aromatic N) is 2. The number of methoxy groups -OCH3 is 1. The molecule has 1 heterocycles. The quantitative estimate of drug-likeness (QED) is 0.467. The van der Waals surface area contributed by atoms with E-state index in [1.54, 1.807) is 13.2 Å². The predicted octanol–water partition coefficient (Wildman–Crippen LogP) is 3.57. The van der Waals surface area contributed by atoms with Crippen LogP contribution in [-0.4, -0.2) is 29.4 Å². The van der Waals surface area contributed by atoms with Gasteiger partial charge in [0.15, 0.2) is 0 Å². The molecule has 0 spiro atoms. The molecule has 1 amide bonds. The SMILES string of the molecule is COCCn1nc(CNC(=O)Cc2ccc(-c3ccccc3)cc2)c2ccccc2c1=O. The van der Waals surface area contributed by atoms with Crippen LogP contribution >= 0.6 is 0 Å². The average molecular weight is 428 g/mol. The first-order valence-corrected chi connectivity index (χ1v) is 10.5. The zero-order valence-corrected chi connectivity index (χ0v) is 18.0. The van der Waals surface area contributed by atoms with Crippen molar-refractivity contribution in [3.8, 4) is 11.1 Å². The van der Waals surface area contributed by atoms with Crippen molar-refractivity contribution in [3.63, 3.8) is 0 Å². The van der Waals surface area contributed by atoms with Gasteiger partial charge < -0.3 is 10.1 Å². The highest BCUT2D eigenvalue weighted by molar-refractivity contribution is 5.84. The number of hydrogen-bond donors (Lipinski definition) is 1. The monoisotopic (exact) mass is 427 g/mol. The second kappa shape index (κ2) is 10.0. The zero-order chi connectivity index (χ0) is 22.3. The topological polar surface area (TPSA) is 73.2 Å². The molecule has 1 N–H and O–H groups in total. The molecule has 0 unspecified atom stereocenters. The third kappa shape index (κ3) is 4.92. The molecule has 162 valence electrons. The van der Waals surface area contributed by atoms with Gasteiger partial charge in [-0.25, -0.2) is 4.68 Å². The fraction of sp³-hybridized carbons (Fsp3) is 0.192. The van der Waals surface area contributed by atoms with Gasteiger partial charge in [0, 0.05) is 12.5 Å². The van der Waals surface area contributed by atoms with Crippen LogP contribution in [0, 0.1) is 0 Å². The lowest BCUT2D eigenvalue weighted by Gasteiger charge is -2.12. The number of rotatable bonds is 8. The molecular weight excluding hydrogens is 402 g/mol. The Kier molecular flexibility index (Phi) is 6.72. The van der Waals surface area contributed by atoms with Crippen LogP contribution in [-0.2, 0) is 29.0 Å². The molecule has 1 aromatic heterocycles. The van der Waals surface area contributed by atoms with Crippen LogP contribution < -0.4 is 10.9 Å². The molecular formula is C26H25N3O3. The van der Waals surface area contributed by atoms with Crippen molar-refractivity contribution in [1.82, 2.24) is 15.1 Å². The number of amides is 1. The second-order valence-electron chi connectivity index (χ2n) is 7.53. The molecule has 0 saturated carbocycles. The van der Waals surface area contributed by atoms with Crippen LogP contribution in [0.4, 0.5) is 0 Å². The molecule has 6 nitrogen and oxygen atoms in total. The minimum atomic E-state index is -0.161. The summed E-state index contributed by atoms with van der Waals surface area (Å²) < 4.78 is 6.48. The minimum absolute atomic E-state index is 0.0991. The van der Waals surface area contributed by atoms with Crippen LogP contribution in [0.1, 0.15) is 11.3 Å². The van der Waals surface area contributed by atoms with Crippen LogP contribution in [0.25, 0.3) is 21.9 Å². The van der Waals surface area contributed by atoms with Crippen LogP contribution in [0.2, 0.25) is 0 Å². The van der Waals surface area contributed by atoms with Crippen molar-refractivity contribution in [3.05, 3.63) is 100 Å². The number of ether oxygens (including phenoxy) is 1. The van der Waals surface area contributed by atoms with Crippen molar-refractivity contribution in [2.45, 2.75) is 19.5 Å². The Morgan fingerprint density at radius 3 is 2.28 bits per heavy atom.